The van der Waals surface area contributed by atoms with Crippen LogP contribution in [0.5, 0.6) is 17.2 Å². The van der Waals surface area contributed by atoms with Crippen LogP contribution in [-0.2, 0) is 6.54 Å². The lowest BCUT2D eigenvalue weighted by atomic mass is 10.1. The van der Waals surface area contributed by atoms with Crippen LogP contribution in [0.4, 0.5) is 0 Å². The molecule has 0 aliphatic carbocycles. The Labute approximate surface area is 158 Å². The first kappa shape index (κ1) is 20.3. The van der Waals surface area contributed by atoms with Crippen LogP contribution >= 0.6 is 0 Å². The molecule has 1 amide bonds. The number of rotatable bonds is 10. The third-order valence-corrected chi connectivity index (χ3v) is 3.57. The fraction of sp³-hybridized carbons (Fsp3) is 0.421. The van der Waals surface area contributed by atoms with Crippen molar-refractivity contribution < 1.29 is 19.0 Å². The zero-order valence-corrected chi connectivity index (χ0v) is 15.9. The normalized spacial score (nSPS) is 10.3. The molecule has 0 atom stereocenters. The first-order chi connectivity index (χ1) is 13.1. The standard InChI is InChI=1S/C19H25N3O5/c1-4-25-15-12-14(13-16(26-5-2)18(15)27-6-3)19(24)20-10-11-22-17(23)8-7-9-21-22/h7-9,12-13H,4-6,10-11H2,1-3H3,(H,20,24). The van der Waals surface area contributed by atoms with Gasteiger partial charge >= 0.3 is 0 Å². The molecule has 8 heteroatoms. The fourth-order valence-electron chi connectivity index (χ4n) is 2.45. The van der Waals surface area contributed by atoms with E-state index in [1.807, 2.05) is 20.8 Å². The highest BCUT2D eigenvalue weighted by molar-refractivity contribution is 5.95. The van der Waals surface area contributed by atoms with Crippen LogP contribution in [0.15, 0.2) is 35.3 Å². The van der Waals surface area contributed by atoms with Gasteiger partial charge in [-0.1, -0.05) is 0 Å². The summed E-state index contributed by atoms with van der Waals surface area (Å²) in [5, 5.41) is 6.73. The molecule has 0 spiro atoms. The Morgan fingerprint density at radius 1 is 1.07 bits per heavy atom. The summed E-state index contributed by atoms with van der Waals surface area (Å²) in [6.07, 6.45) is 1.53. The number of benzene rings is 1. The molecule has 1 aromatic carbocycles. The van der Waals surface area contributed by atoms with Crippen LogP contribution in [-0.4, -0.2) is 42.1 Å². The van der Waals surface area contributed by atoms with E-state index in [4.69, 9.17) is 14.2 Å². The largest absolute Gasteiger partial charge is 0.490 e. The molecular formula is C19H25N3O5. The van der Waals surface area contributed by atoms with Gasteiger partial charge < -0.3 is 19.5 Å². The van der Waals surface area contributed by atoms with Crippen molar-refractivity contribution in [3.8, 4) is 17.2 Å². The minimum atomic E-state index is -0.302. The van der Waals surface area contributed by atoms with E-state index in [2.05, 4.69) is 10.4 Å². The number of carbonyl (C=O) groups is 1. The summed E-state index contributed by atoms with van der Waals surface area (Å²) >= 11 is 0. The average molecular weight is 375 g/mol. The zero-order chi connectivity index (χ0) is 19.6. The summed E-state index contributed by atoms with van der Waals surface area (Å²) in [5.41, 5.74) is 0.170. The van der Waals surface area contributed by atoms with Crippen LogP contribution in [0.25, 0.3) is 0 Å². The molecule has 0 aliphatic rings. The van der Waals surface area contributed by atoms with Crippen molar-refractivity contribution in [1.29, 1.82) is 0 Å². The van der Waals surface area contributed by atoms with Crippen molar-refractivity contribution in [3.63, 3.8) is 0 Å². The number of nitrogens with one attached hydrogen (secondary N) is 1. The van der Waals surface area contributed by atoms with Crippen molar-refractivity contribution in [2.24, 2.45) is 0 Å². The fourth-order valence-corrected chi connectivity index (χ4v) is 2.45. The van der Waals surface area contributed by atoms with Crippen molar-refractivity contribution in [3.05, 3.63) is 46.4 Å². The van der Waals surface area contributed by atoms with Gasteiger partial charge in [-0.25, -0.2) is 4.68 Å². The lowest BCUT2D eigenvalue weighted by Gasteiger charge is -2.17. The van der Waals surface area contributed by atoms with Crippen molar-refractivity contribution in [2.45, 2.75) is 27.3 Å². The van der Waals surface area contributed by atoms with Gasteiger partial charge in [-0.2, -0.15) is 5.10 Å². The Morgan fingerprint density at radius 2 is 1.70 bits per heavy atom. The van der Waals surface area contributed by atoms with E-state index in [0.717, 1.165) is 0 Å². The van der Waals surface area contributed by atoms with Gasteiger partial charge in [0, 0.05) is 24.4 Å². The highest BCUT2D eigenvalue weighted by Gasteiger charge is 2.18. The summed E-state index contributed by atoms with van der Waals surface area (Å²) in [4.78, 5) is 24.2. The predicted molar refractivity (Wildman–Crippen MR) is 101 cm³/mol. The van der Waals surface area contributed by atoms with Crippen LogP contribution in [0, 0.1) is 0 Å². The molecular weight excluding hydrogens is 350 g/mol. The molecule has 0 aliphatic heterocycles. The van der Waals surface area contributed by atoms with E-state index in [-0.39, 0.29) is 24.6 Å². The highest BCUT2D eigenvalue weighted by atomic mass is 16.5. The third kappa shape index (κ3) is 5.47. The lowest BCUT2D eigenvalue weighted by molar-refractivity contribution is 0.0950. The van der Waals surface area contributed by atoms with Crippen LogP contribution in [0.2, 0.25) is 0 Å². The molecule has 2 rings (SSSR count). The molecule has 0 fully saturated rings. The van der Waals surface area contributed by atoms with Gasteiger partial charge in [-0.15, -0.1) is 0 Å². The number of aromatic nitrogens is 2. The molecule has 0 radical (unpaired) electrons. The minimum Gasteiger partial charge on any atom is -0.490 e. The molecule has 8 nitrogen and oxygen atoms in total. The highest BCUT2D eigenvalue weighted by Crippen LogP contribution is 2.39. The van der Waals surface area contributed by atoms with Gasteiger partial charge in [0.1, 0.15) is 0 Å². The Bertz CT molecular complexity index is 792. The Balaban J connectivity index is 2.16. The molecule has 0 saturated heterocycles. The summed E-state index contributed by atoms with van der Waals surface area (Å²) < 4.78 is 18.2. The first-order valence-corrected chi connectivity index (χ1v) is 8.97. The van der Waals surface area contributed by atoms with Crippen LogP contribution in [0.1, 0.15) is 31.1 Å². The number of amides is 1. The van der Waals surface area contributed by atoms with E-state index < -0.39 is 0 Å². The van der Waals surface area contributed by atoms with Gasteiger partial charge in [-0.05, 0) is 39.0 Å². The summed E-state index contributed by atoms with van der Waals surface area (Å²) in [6.45, 7) is 7.42. The summed E-state index contributed by atoms with van der Waals surface area (Å²) in [6, 6.07) is 6.24. The average Bonchev–Trinajstić information content (AvgIpc) is 2.66. The summed E-state index contributed by atoms with van der Waals surface area (Å²) in [7, 11) is 0. The molecule has 146 valence electrons. The van der Waals surface area contributed by atoms with Gasteiger partial charge in [0.15, 0.2) is 11.5 Å². The van der Waals surface area contributed by atoms with Gasteiger partial charge in [0.2, 0.25) is 5.75 Å². The second-order valence-electron chi connectivity index (χ2n) is 5.44. The number of hydrogen-bond acceptors (Lipinski definition) is 6. The maximum absolute atomic E-state index is 12.5. The predicted octanol–water partition coefficient (Wildman–Crippen LogP) is 1.87. The van der Waals surface area contributed by atoms with E-state index >= 15 is 0 Å². The number of ether oxygens (including phenoxy) is 3. The smallest absolute Gasteiger partial charge is 0.266 e. The molecule has 1 N–H and O–H groups in total. The van der Waals surface area contributed by atoms with Crippen LogP contribution in [0.3, 0.4) is 0 Å². The molecule has 0 unspecified atom stereocenters. The number of carbonyl (C=O) groups excluding carboxylic acids is 1. The van der Waals surface area contributed by atoms with Gasteiger partial charge in [-0.3, -0.25) is 9.59 Å². The SMILES string of the molecule is CCOc1cc(C(=O)NCCn2ncccc2=O)cc(OCC)c1OCC. The van der Waals surface area contributed by atoms with Crippen LogP contribution < -0.4 is 25.1 Å². The zero-order valence-electron chi connectivity index (χ0n) is 15.9. The van der Waals surface area contributed by atoms with Crippen molar-refractivity contribution in [1.82, 2.24) is 15.1 Å². The second kappa shape index (κ2) is 10.2. The van der Waals surface area contributed by atoms with Crippen molar-refractivity contribution >= 4 is 5.91 Å². The molecule has 27 heavy (non-hydrogen) atoms. The van der Waals surface area contributed by atoms with Crippen molar-refractivity contribution in [2.75, 3.05) is 26.4 Å². The molecule has 2 aromatic rings. The Kier molecular flexibility index (Phi) is 7.66. The molecule has 0 saturated carbocycles. The van der Waals surface area contributed by atoms with E-state index in [0.29, 0.717) is 42.6 Å². The maximum Gasteiger partial charge on any atom is 0.266 e. The topological polar surface area (TPSA) is 91.7 Å². The second-order valence-corrected chi connectivity index (χ2v) is 5.44. The Hall–Kier alpha value is -3.03. The number of hydrogen-bond donors (Lipinski definition) is 1. The van der Waals surface area contributed by atoms with Gasteiger partial charge in [0.05, 0.1) is 26.4 Å². The number of nitrogens with zero attached hydrogens (tertiary/aromatic N) is 2. The van der Waals surface area contributed by atoms with E-state index in [1.54, 1.807) is 18.2 Å². The molecule has 0 bridgehead atoms. The van der Waals surface area contributed by atoms with Gasteiger partial charge in [0.25, 0.3) is 11.5 Å². The Morgan fingerprint density at radius 3 is 2.26 bits per heavy atom. The molecule has 1 heterocycles. The monoisotopic (exact) mass is 375 g/mol. The van der Waals surface area contributed by atoms with E-state index in [9.17, 15) is 9.59 Å². The maximum atomic E-state index is 12.5. The minimum absolute atomic E-state index is 0.218. The third-order valence-electron chi connectivity index (χ3n) is 3.57. The first-order valence-electron chi connectivity index (χ1n) is 8.97. The van der Waals surface area contributed by atoms with E-state index in [1.165, 1.54) is 16.9 Å². The summed E-state index contributed by atoms with van der Waals surface area (Å²) in [5.74, 6) is 1.09. The lowest BCUT2D eigenvalue weighted by Crippen LogP contribution is -2.31. The molecule has 1 aromatic heterocycles. The quantitative estimate of drug-likeness (QED) is 0.682.